The van der Waals surface area contributed by atoms with Crippen LogP contribution in [-0.4, -0.2) is 18.1 Å². The average Bonchev–Trinajstić information content (AvgIpc) is 2.40. The van der Waals surface area contributed by atoms with Crippen LogP contribution in [0.1, 0.15) is 10.4 Å². The minimum absolute atomic E-state index is 0.0153. The zero-order chi connectivity index (χ0) is 14.0. The second kappa shape index (κ2) is 5.40. The Kier molecular flexibility index (Phi) is 3.85. The molecule has 0 bridgehead atoms. The van der Waals surface area contributed by atoms with Crippen LogP contribution in [0, 0.1) is 5.82 Å². The van der Waals surface area contributed by atoms with E-state index < -0.39 is 5.82 Å². The highest BCUT2D eigenvalue weighted by atomic mass is 79.9. The van der Waals surface area contributed by atoms with Crippen molar-refractivity contribution in [1.82, 2.24) is 0 Å². The van der Waals surface area contributed by atoms with E-state index in [1.54, 1.807) is 25.2 Å². The first-order valence-corrected chi connectivity index (χ1v) is 6.30. The van der Waals surface area contributed by atoms with Gasteiger partial charge in [0.1, 0.15) is 11.6 Å². The highest BCUT2D eigenvalue weighted by Gasteiger charge is 2.15. The van der Waals surface area contributed by atoms with Crippen molar-refractivity contribution in [3.63, 3.8) is 0 Å². The molecular weight excluding hydrogens is 313 g/mol. The van der Waals surface area contributed by atoms with Crippen LogP contribution in [0.4, 0.5) is 10.1 Å². The van der Waals surface area contributed by atoms with Gasteiger partial charge in [-0.25, -0.2) is 4.39 Å². The first kappa shape index (κ1) is 13.5. The zero-order valence-corrected chi connectivity index (χ0v) is 11.7. The maximum absolute atomic E-state index is 13.1. The molecule has 0 unspecified atom stereocenters. The van der Waals surface area contributed by atoms with E-state index in [9.17, 15) is 14.3 Å². The number of rotatable bonds is 2. The van der Waals surface area contributed by atoms with Gasteiger partial charge in [0.25, 0.3) is 5.91 Å². The molecule has 0 fully saturated rings. The second-order valence-corrected chi connectivity index (χ2v) is 4.86. The van der Waals surface area contributed by atoms with Crippen molar-refractivity contribution in [2.45, 2.75) is 0 Å². The Morgan fingerprint density at radius 1 is 1.26 bits per heavy atom. The molecule has 0 heterocycles. The average molecular weight is 324 g/mol. The van der Waals surface area contributed by atoms with Gasteiger partial charge >= 0.3 is 0 Å². The van der Waals surface area contributed by atoms with E-state index in [2.05, 4.69) is 15.9 Å². The number of anilines is 1. The zero-order valence-electron chi connectivity index (χ0n) is 10.1. The maximum atomic E-state index is 13.1. The van der Waals surface area contributed by atoms with Crippen LogP contribution in [0.25, 0.3) is 0 Å². The van der Waals surface area contributed by atoms with E-state index in [1.807, 2.05) is 0 Å². The third kappa shape index (κ3) is 2.93. The summed E-state index contributed by atoms with van der Waals surface area (Å²) in [5.41, 5.74) is 0.778. The minimum atomic E-state index is -0.407. The van der Waals surface area contributed by atoms with Crippen LogP contribution in [0.15, 0.2) is 46.9 Å². The fourth-order valence-corrected chi connectivity index (χ4v) is 1.89. The van der Waals surface area contributed by atoms with Gasteiger partial charge in [-0.3, -0.25) is 4.79 Å². The third-order valence-electron chi connectivity index (χ3n) is 2.69. The van der Waals surface area contributed by atoms with Crippen LogP contribution < -0.4 is 4.90 Å². The molecule has 0 aliphatic carbocycles. The Bertz CT molecular complexity index is 631. The number of carbonyl (C=O) groups excluding carboxylic acids is 1. The summed E-state index contributed by atoms with van der Waals surface area (Å²) in [6.07, 6.45) is 0. The van der Waals surface area contributed by atoms with Crippen molar-refractivity contribution < 1.29 is 14.3 Å². The summed E-state index contributed by atoms with van der Waals surface area (Å²) in [7, 11) is 1.55. The van der Waals surface area contributed by atoms with Gasteiger partial charge < -0.3 is 10.0 Å². The monoisotopic (exact) mass is 323 g/mol. The standard InChI is InChI=1S/C14H11BrFNO2/c1-17(11-4-2-3-10(16)8-11)14(19)9-5-6-12(15)13(18)7-9/h2-8,18H,1H3. The van der Waals surface area contributed by atoms with Gasteiger partial charge in [-0.05, 0) is 52.3 Å². The molecule has 0 saturated heterocycles. The molecule has 0 aromatic heterocycles. The molecule has 1 N–H and O–H groups in total. The van der Waals surface area contributed by atoms with Crippen molar-refractivity contribution in [1.29, 1.82) is 0 Å². The van der Waals surface area contributed by atoms with E-state index >= 15 is 0 Å². The van der Waals surface area contributed by atoms with Gasteiger partial charge in [-0.2, -0.15) is 0 Å². The molecule has 1 amide bonds. The molecule has 19 heavy (non-hydrogen) atoms. The lowest BCUT2D eigenvalue weighted by molar-refractivity contribution is 0.0992. The molecule has 0 spiro atoms. The summed E-state index contributed by atoms with van der Waals surface area (Å²) in [6.45, 7) is 0. The number of halogens is 2. The molecule has 5 heteroatoms. The van der Waals surface area contributed by atoms with E-state index in [0.717, 1.165) is 0 Å². The first-order chi connectivity index (χ1) is 8.99. The molecule has 2 aromatic rings. The molecule has 0 atom stereocenters. The largest absolute Gasteiger partial charge is 0.507 e. The summed E-state index contributed by atoms with van der Waals surface area (Å²) >= 11 is 3.15. The highest BCUT2D eigenvalue weighted by molar-refractivity contribution is 9.10. The van der Waals surface area contributed by atoms with E-state index in [4.69, 9.17) is 0 Å². The van der Waals surface area contributed by atoms with Crippen LogP contribution in [-0.2, 0) is 0 Å². The molecule has 0 radical (unpaired) electrons. The van der Waals surface area contributed by atoms with Crippen molar-refractivity contribution in [2.24, 2.45) is 0 Å². The summed E-state index contributed by atoms with van der Waals surface area (Å²) in [4.78, 5) is 13.5. The lowest BCUT2D eigenvalue weighted by atomic mass is 10.2. The topological polar surface area (TPSA) is 40.5 Å². The summed E-state index contributed by atoms with van der Waals surface area (Å²) in [5, 5.41) is 9.57. The van der Waals surface area contributed by atoms with Crippen molar-refractivity contribution in [3.05, 3.63) is 58.3 Å². The van der Waals surface area contributed by atoms with Gasteiger partial charge in [0.05, 0.1) is 4.47 Å². The third-order valence-corrected chi connectivity index (χ3v) is 3.36. The first-order valence-electron chi connectivity index (χ1n) is 5.51. The van der Waals surface area contributed by atoms with Gasteiger partial charge in [0.15, 0.2) is 0 Å². The minimum Gasteiger partial charge on any atom is -0.507 e. The summed E-state index contributed by atoms with van der Waals surface area (Å²) in [6, 6.07) is 10.3. The highest BCUT2D eigenvalue weighted by Crippen LogP contribution is 2.25. The Morgan fingerprint density at radius 3 is 2.63 bits per heavy atom. The van der Waals surface area contributed by atoms with Gasteiger partial charge in [0.2, 0.25) is 0 Å². The molecule has 2 aromatic carbocycles. The number of benzene rings is 2. The Balaban J connectivity index is 2.30. The van der Waals surface area contributed by atoms with Gasteiger partial charge in [0, 0.05) is 18.3 Å². The molecular formula is C14H11BrFNO2. The number of phenols is 1. The number of amides is 1. The second-order valence-electron chi connectivity index (χ2n) is 4.01. The summed E-state index contributed by atoms with van der Waals surface area (Å²) in [5.74, 6) is -0.748. The number of carbonyl (C=O) groups is 1. The molecule has 2 rings (SSSR count). The SMILES string of the molecule is CN(C(=O)c1ccc(Br)c(O)c1)c1cccc(F)c1. The van der Waals surface area contributed by atoms with Gasteiger partial charge in [-0.1, -0.05) is 6.07 Å². The van der Waals surface area contributed by atoms with Crippen LogP contribution in [0.2, 0.25) is 0 Å². The van der Waals surface area contributed by atoms with Crippen molar-refractivity contribution in [2.75, 3.05) is 11.9 Å². The predicted molar refractivity (Wildman–Crippen MR) is 74.9 cm³/mol. The Labute approximate surface area is 118 Å². The molecule has 3 nitrogen and oxygen atoms in total. The predicted octanol–water partition coefficient (Wildman–Crippen LogP) is 3.57. The summed E-state index contributed by atoms with van der Waals surface area (Å²) < 4.78 is 13.6. The normalized spacial score (nSPS) is 10.3. The maximum Gasteiger partial charge on any atom is 0.258 e. The van der Waals surface area contributed by atoms with E-state index in [0.29, 0.717) is 15.7 Å². The number of hydrogen-bond donors (Lipinski definition) is 1. The van der Waals surface area contributed by atoms with Crippen molar-refractivity contribution in [3.8, 4) is 5.75 Å². The lowest BCUT2D eigenvalue weighted by Gasteiger charge is -2.17. The quantitative estimate of drug-likeness (QED) is 0.917. The van der Waals surface area contributed by atoms with Gasteiger partial charge in [-0.15, -0.1) is 0 Å². The smallest absolute Gasteiger partial charge is 0.258 e. The molecule has 0 aliphatic heterocycles. The Hall–Kier alpha value is -1.88. The lowest BCUT2D eigenvalue weighted by Crippen LogP contribution is -2.26. The number of phenolic OH excluding ortho intramolecular Hbond substituents is 1. The van der Waals surface area contributed by atoms with Crippen molar-refractivity contribution >= 4 is 27.5 Å². The molecule has 98 valence electrons. The number of hydrogen-bond acceptors (Lipinski definition) is 2. The van der Waals surface area contributed by atoms with Crippen LogP contribution >= 0.6 is 15.9 Å². The van der Waals surface area contributed by atoms with E-state index in [1.165, 1.54) is 29.2 Å². The number of aromatic hydroxyl groups is 1. The Morgan fingerprint density at radius 2 is 2.00 bits per heavy atom. The fourth-order valence-electron chi connectivity index (χ4n) is 1.64. The van der Waals surface area contributed by atoms with E-state index in [-0.39, 0.29) is 11.7 Å². The molecule has 0 aliphatic rings. The molecule has 0 saturated carbocycles. The fraction of sp³-hybridized carbons (Fsp3) is 0.0714. The number of nitrogens with zero attached hydrogens (tertiary/aromatic N) is 1. The van der Waals surface area contributed by atoms with Crippen LogP contribution in [0.3, 0.4) is 0 Å². The van der Waals surface area contributed by atoms with Crippen LogP contribution in [0.5, 0.6) is 5.75 Å².